The summed E-state index contributed by atoms with van der Waals surface area (Å²) < 4.78 is 4.72. The molecule has 0 aromatic heterocycles. The summed E-state index contributed by atoms with van der Waals surface area (Å²) >= 11 is 0. The van der Waals surface area contributed by atoms with Gasteiger partial charge in [-0.15, -0.1) is 0 Å². The molecule has 0 spiro atoms. The van der Waals surface area contributed by atoms with Crippen LogP contribution in [-0.2, 0) is 14.3 Å². The number of carbonyl (C=O) groups is 3. The minimum absolute atomic E-state index is 0.0612. The van der Waals surface area contributed by atoms with Gasteiger partial charge in [0, 0.05) is 6.54 Å². The van der Waals surface area contributed by atoms with Gasteiger partial charge in [-0.2, -0.15) is 0 Å². The third-order valence-corrected chi connectivity index (χ3v) is 3.79. The number of carbonyl (C=O) groups excluding carboxylic acids is 3. The van der Waals surface area contributed by atoms with E-state index in [4.69, 9.17) is 10.5 Å². The van der Waals surface area contributed by atoms with Crippen LogP contribution in [0.15, 0.2) is 0 Å². The molecule has 3 N–H and O–H groups in total. The predicted molar refractivity (Wildman–Crippen MR) is 72.7 cm³/mol. The van der Waals surface area contributed by atoms with Gasteiger partial charge in [0.1, 0.15) is 12.1 Å². The molecule has 3 amide bonds. The number of amides is 3. The van der Waals surface area contributed by atoms with Crippen LogP contribution in [0.2, 0.25) is 0 Å². The number of urea groups is 1. The lowest BCUT2D eigenvalue weighted by molar-refractivity contribution is -0.152. The Morgan fingerprint density at radius 3 is 2.60 bits per heavy atom. The molecule has 0 aromatic carbocycles. The molecule has 1 fully saturated rings. The van der Waals surface area contributed by atoms with Crippen molar-refractivity contribution in [2.45, 2.75) is 45.2 Å². The van der Waals surface area contributed by atoms with Crippen LogP contribution in [0.3, 0.4) is 0 Å². The normalized spacial score (nSPS) is 21.1. The fourth-order valence-electron chi connectivity index (χ4n) is 2.43. The standard InChI is InChI=1S/C13H23N3O4/c1-4-8(2)10(15-13(14)19)11(17)16-7-5-6-9(16)12(18)20-3/h8-10H,4-7H2,1-3H3,(H3,14,15,19). The van der Waals surface area contributed by atoms with Gasteiger partial charge in [-0.05, 0) is 18.8 Å². The summed E-state index contributed by atoms with van der Waals surface area (Å²) in [6, 6.07) is -2.01. The zero-order valence-electron chi connectivity index (χ0n) is 12.2. The van der Waals surface area contributed by atoms with Crippen molar-refractivity contribution >= 4 is 17.9 Å². The van der Waals surface area contributed by atoms with Gasteiger partial charge < -0.3 is 20.7 Å². The van der Waals surface area contributed by atoms with Gasteiger partial charge in [0.2, 0.25) is 5.91 Å². The lowest BCUT2D eigenvalue weighted by Gasteiger charge is -2.30. The number of esters is 1. The minimum Gasteiger partial charge on any atom is -0.467 e. The molecule has 20 heavy (non-hydrogen) atoms. The molecular formula is C13H23N3O4. The monoisotopic (exact) mass is 285 g/mol. The third kappa shape index (κ3) is 3.61. The van der Waals surface area contributed by atoms with Crippen molar-refractivity contribution in [1.29, 1.82) is 0 Å². The molecule has 1 heterocycles. The topological polar surface area (TPSA) is 102 Å². The number of likely N-dealkylation sites (tertiary alicyclic amines) is 1. The number of hydrogen-bond acceptors (Lipinski definition) is 4. The van der Waals surface area contributed by atoms with Crippen molar-refractivity contribution < 1.29 is 19.1 Å². The molecule has 1 aliphatic rings. The van der Waals surface area contributed by atoms with E-state index in [0.29, 0.717) is 19.4 Å². The van der Waals surface area contributed by atoms with Crippen molar-refractivity contribution in [3.05, 3.63) is 0 Å². The van der Waals surface area contributed by atoms with Crippen LogP contribution >= 0.6 is 0 Å². The Balaban J connectivity index is 2.87. The fraction of sp³-hybridized carbons (Fsp3) is 0.769. The highest BCUT2D eigenvalue weighted by atomic mass is 16.5. The minimum atomic E-state index is -0.738. The lowest BCUT2D eigenvalue weighted by atomic mass is 9.97. The van der Waals surface area contributed by atoms with Crippen LogP contribution in [0.5, 0.6) is 0 Å². The van der Waals surface area contributed by atoms with E-state index in [2.05, 4.69) is 5.32 Å². The maximum Gasteiger partial charge on any atom is 0.328 e. The number of rotatable bonds is 5. The largest absolute Gasteiger partial charge is 0.467 e. The van der Waals surface area contributed by atoms with Gasteiger partial charge in [-0.3, -0.25) is 4.79 Å². The Morgan fingerprint density at radius 2 is 2.10 bits per heavy atom. The molecule has 0 aliphatic carbocycles. The van der Waals surface area contributed by atoms with E-state index in [1.807, 2.05) is 13.8 Å². The Labute approximate surface area is 118 Å². The number of ether oxygens (including phenoxy) is 1. The molecule has 7 heteroatoms. The van der Waals surface area contributed by atoms with Gasteiger partial charge in [-0.25, -0.2) is 9.59 Å². The van der Waals surface area contributed by atoms with Crippen molar-refractivity contribution in [2.24, 2.45) is 11.7 Å². The number of nitrogens with zero attached hydrogens (tertiary/aromatic N) is 1. The Morgan fingerprint density at radius 1 is 1.45 bits per heavy atom. The first-order valence-corrected chi connectivity index (χ1v) is 6.86. The van der Waals surface area contributed by atoms with Gasteiger partial charge >= 0.3 is 12.0 Å². The molecule has 0 radical (unpaired) electrons. The average Bonchev–Trinajstić information content (AvgIpc) is 2.91. The second-order valence-corrected chi connectivity index (χ2v) is 5.08. The van der Waals surface area contributed by atoms with Crippen LogP contribution in [0, 0.1) is 5.92 Å². The highest BCUT2D eigenvalue weighted by Gasteiger charge is 2.39. The zero-order valence-corrected chi connectivity index (χ0v) is 12.2. The van der Waals surface area contributed by atoms with E-state index >= 15 is 0 Å². The maximum absolute atomic E-state index is 12.6. The predicted octanol–water partition coefficient (Wildman–Crippen LogP) is 0.233. The molecule has 0 aromatic rings. The molecule has 7 nitrogen and oxygen atoms in total. The lowest BCUT2D eigenvalue weighted by Crippen LogP contribution is -2.55. The third-order valence-electron chi connectivity index (χ3n) is 3.79. The summed E-state index contributed by atoms with van der Waals surface area (Å²) in [5.41, 5.74) is 5.13. The zero-order chi connectivity index (χ0) is 15.3. The van der Waals surface area contributed by atoms with Gasteiger partial charge in [0.05, 0.1) is 7.11 Å². The second kappa shape index (κ2) is 7.12. The summed E-state index contributed by atoms with van der Waals surface area (Å²) in [7, 11) is 1.30. The average molecular weight is 285 g/mol. The second-order valence-electron chi connectivity index (χ2n) is 5.08. The van der Waals surface area contributed by atoms with Crippen molar-refractivity contribution in [3.63, 3.8) is 0 Å². The molecule has 1 saturated heterocycles. The summed E-state index contributed by atoms with van der Waals surface area (Å²) in [4.78, 5) is 36.8. The number of methoxy groups -OCH3 is 1. The number of hydrogen-bond donors (Lipinski definition) is 2. The molecule has 3 atom stereocenters. The Hall–Kier alpha value is -1.79. The van der Waals surface area contributed by atoms with Gasteiger partial charge in [-0.1, -0.05) is 20.3 Å². The van der Waals surface area contributed by atoms with E-state index in [-0.39, 0.29) is 11.8 Å². The van der Waals surface area contributed by atoms with Crippen LogP contribution in [0.25, 0.3) is 0 Å². The van der Waals surface area contributed by atoms with E-state index in [1.54, 1.807) is 0 Å². The van der Waals surface area contributed by atoms with Crippen molar-refractivity contribution in [1.82, 2.24) is 10.2 Å². The van der Waals surface area contributed by atoms with Crippen LogP contribution < -0.4 is 11.1 Å². The first-order chi connectivity index (χ1) is 9.42. The summed E-state index contributed by atoms with van der Waals surface area (Å²) in [6.45, 7) is 4.28. The van der Waals surface area contributed by atoms with Crippen LogP contribution in [0.4, 0.5) is 4.79 Å². The van der Waals surface area contributed by atoms with E-state index < -0.39 is 24.1 Å². The number of nitrogens with one attached hydrogen (secondary N) is 1. The maximum atomic E-state index is 12.6. The smallest absolute Gasteiger partial charge is 0.328 e. The van der Waals surface area contributed by atoms with E-state index in [0.717, 1.165) is 6.42 Å². The van der Waals surface area contributed by atoms with Crippen molar-refractivity contribution in [3.8, 4) is 0 Å². The first kappa shape index (κ1) is 16.3. The molecule has 114 valence electrons. The van der Waals surface area contributed by atoms with Crippen LogP contribution in [0.1, 0.15) is 33.1 Å². The molecular weight excluding hydrogens is 262 g/mol. The highest BCUT2D eigenvalue weighted by Crippen LogP contribution is 2.21. The number of nitrogens with two attached hydrogens (primary N) is 1. The highest BCUT2D eigenvalue weighted by molar-refractivity contribution is 5.90. The molecule has 3 unspecified atom stereocenters. The summed E-state index contributed by atoms with van der Waals surface area (Å²) in [5.74, 6) is -0.752. The van der Waals surface area contributed by atoms with E-state index in [1.165, 1.54) is 12.0 Å². The molecule has 1 rings (SSSR count). The summed E-state index contributed by atoms with van der Waals surface area (Å²) in [5, 5.41) is 2.48. The molecule has 1 aliphatic heterocycles. The fourth-order valence-corrected chi connectivity index (χ4v) is 2.43. The summed E-state index contributed by atoms with van der Waals surface area (Å²) in [6.07, 6.45) is 2.05. The van der Waals surface area contributed by atoms with Crippen molar-refractivity contribution in [2.75, 3.05) is 13.7 Å². The SMILES string of the molecule is CCC(C)C(NC(N)=O)C(=O)N1CCCC1C(=O)OC. The first-order valence-electron chi connectivity index (χ1n) is 6.86. The molecule has 0 saturated carbocycles. The number of primary amides is 1. The Bertz CT molecular complexity index is 386. The van der Waals surface area contributed by atoms with Crippen LogP contribution in [-0.4, -0.2) is 48.5 Å². The Kier molecular flexibility index (Phi) is 5.79. The quantitative estimate of drug-likeness (QED) is 0.706. The van der Waals surface area contributed by atoms with Gasteiger partial charge in [0.15, 0.2) is 0 Å². The van der Waals surface area contributed by atoms with E-state index in [9.17, 15) is 14.4 Å². The molecule has 0 bridgehead atoms. The van der Waals surface area contributed by atoms with Gasteiger partial charge in [0.25, 0.3) is 0 Å².